The van der Waals surface area contributed by atoms with Gasteiger partial charge < -0.3 is 38.5 Å². The zero-order valence-corrected chi connectivity index (χ0v) is 12.4. The summed E-state index contributed by atoms with van der Waals surface area (Å²) in [6, 6.07) is 0. The second kappa shape index (κ2) is 8.59. The second-order valence-electron chi connectivity index (χ2n) is 5.64. The van der Waals surface area contributed by atoms with Crippen molar-refractivity contribution < 1.29 is 38.5 Å². The maximum absolute atomic E-state index is 5.55. The number of likely N-dealkylation sites (N-methyl/N-ethyl adjacent to an activating group) is 2. The Balaban J connectivity index is -0.000000720. The molecule has 0 aliphatic rings. The molecule has 0 aromatic heterocycles. The SMILES string of the molecule is C[N+](C)(C)CCOCC[N+](C)(C)C.[Cl-].[Cl-]. The Morgan fingerprint density at radius 2 is 0.933 bits per heavy atom. The Morgan fingerprint density at radius 3 is 1.13 bits per heavy atom. The predicted molar refractivity (Wildman–Crippen MR) is 56.6 cm³/mol. The fourth-order valence-electron chi connectivity index (χ4n) is 0.779. The molecule has 0 saturated carbocycles. The highest BCUT2D eigenvalue weighted by atomic mass is 35.5. The third-order valence-corrected chi connectivity index (χ3v) is 1.81. The van der Waals surface area contributed by atoms with E-state index in [0.717, 1.165) is 35.3 Å². The molecule has 3 nitrogen and oxygen atoms in total. The normalized spacial score (nSPS) is 11.6. The number of quaternary nitrogens is 2. The first-order chi connectivity index (χ1) is 5.71. The Kier molecular flexibility index (Phi) is 11.9. The number of halogens is 2. The number of ether oxygens (including phenoxy) is 1. The highest BCUT2D eigenvalue weighted by Crippen LogP contribution is 1.92. The zero-order chi connectivity index (χ0) is 10.5. The average molecular weight is 261 g/mol. The van der Waals surface area contributed by atoms with E-state index in [2.05, 4.69) is 42.3 Å². The van der Waals surface area contributed by atoms with Gasteiger partial charge in [-0.05, 0) is 0 Å². The van der Waals surface area contributed by atoms with Crippen LogP contribution in [0.25, 0.3) is 0 Å². The van der Waals surface area contributed by atoms with E-state index in [1.54, 1.807) is 0 Å². The van der Waals surface area contributed by atoms with Crippen molar-refractivity contribution in [3.8, 4) is 0 Å². The van der Waals surface area contributed by atoms with Crippen LogP contribution in [0.5, 0.6) is 0 Å². The molecule has 0 aromatic rings. The smallest absolute Gasteiger partial charge is 0.102 e. The third kappa shape index (κ3) is 20.5. The maximum atomic E-state index is 5.55. The van der Waals surface area contributed by atoms with Crippen molar-refractivity contribution in [3.05, 3.63) is 0 Å². The molecule has 5 heteroatoms. The minimum atomic E-state index is 0. The second-order valence-corrected chi connectivity index (χ2v) is 5.64. The van der Waals surface area contributed by atoms with E-state index in [1.807, 2.05) is 0 Å². The first kappa shape index (κ1) is 20.8. The van der Waals surface area contributed by atoms with Crippen LogP contribution in [0.15, 0.2) is 0 Å². The molecule has 0 aromatic carbocycles. The van der Waals surface area contributed by atoms with Crippen LogP contribution in [0.3, 0.4) is 0 Å². The molecule has 0 fully saturated rings. The lowest BCUT2D eigenvalue weighted by Crippen LogP contribution is -3.00. The lowest BCUT2D eigenvalue weighted by Gasteiger charge is -2.25. The van der Waals surface area contributed by atoms with Gasteiger partial charge in [0.1, 0.15) is 13.1 Å². The Morgan fingerprint density at radius 1 is 0.667 bits per heavy atom. The van der Waals surface area contributed by atoms with Gasteiger partial charge in [0, 0.05) is 0 Å². The number of rotatable bonds is 6. The zero-order valence-electron chi connectivity index (χ0n) is 10.9. The van der Waals surface area contributed by atoms with E-state index < -0.39 is 0 Å². The highest BCUT2D eigenvalue weighted by molar-refractivity contribution is 4.31. The summed E-state index contributed by atoms with van der Waals surface area (Å²) in [7, 11) is 13.1. The fraction of sp³-hybridized carbons (Fsp3) is 1.00. The summed E-state index contributed by atoms with van der Waals surface area (Å²) in [4.78, 5) is 0. The van der Waals surface area contributed by atoms with Crippen molar-refractivity contribution >= 4 is 0 Å². The topological polar surface area (TPSA) is 9.23 Å². The van der Waals surface area contributed by atoms with Crippen molar-refractivity contribution in [3.63, 3.8) is 0 Å². The van der Waals surface area contributed by atoms with Crippen molar-refractivity contribution in [2.45, 2.75) is 0 Å². The van der Waals surface area contributed by atoms with Gasteiger partial charge >= 0.3 is 0 Å². The molecule has 0 aliphatic carbocycles. The molecular formula is C10H26Cl2N2O. The molecule has 0 radical (unpaired) electrons. The molecule has 0 saturated heterocycles. The molecule has 0 N–H and O–H groups in total. The van der Waals surface area contributed by atoms with Crippen LogP contribution in [-0.2, 0) is 4.74 Å². The van der Waals surface area contributed by atoms with E-state index in [1.165, 1.54) is 0 Å². The van der Waals surface area contributed by atoms with Crippen LogP contribution in [-0.4, -0.2) is 77.6 Å². The van der Waals surface area contributed by atoms with Gasteiger partial charge in [-0.1, -0.05) is 0 Å². The quantitative estimate of drug-likeness (QED) is 0.342. The summed E-state index contributed by atoms with van der Waals surface area (Å²) in [6.07, 6.45) is 0. The molecule has 96 valence electrons. The van der Waals surface area contributed by atoms with Crippen LogP contribution >= 0.6 is 0 Å². The Labute approximate surface area is 107 Å². The molecular weight excluding hydrogens is 235 g/mol. The standard InChI is InChI=1S/C10H26N2O.2ClH/c1-11(2,3)7-9-13-10-8-12(4,5)6;;/h7-10H2,1-6H3;2*1H/q+2;;/p-2. The summed E-state index contributed by atoms with van der Waals surface area (Å²) >= 11 is 0. The van der Waals surface area contributed by atoms with E-state index in [-0.39, 0.29) is 24.8 Å². The van der Waals surface area contributed by atoms with E-state index in [0.29, 0.717) is 0 Å². The molecule has 0 heterocycles. The van der Waals surface area contributed by atoms with Crippen LogP contribution < -0.4 is 24.8 Å². The predicted octanol–water partition coefficient (Wildman–Crippen LogP) is -5.58. The van der Waals surface area contributed by atoms with Gasteiger partial charge in [0.25, 0.3) is 0 Å². The first-order valence-corrected chi connectivity index (χ1v) is 4.89. The summed E-state index contributed by atoms with van der Waals surface area (Å²) in [5.41, 5.74) is 0. The summed E-state index contributed by atoms with van der Waals surface area (Å²) in [5.74, 6) is 0. The molecule has 0 spiro atoms. The van der Waals surface area contributed by atoms with Gasteiger partial charge in [-0.15, -0.1) is 0 Å². The van der Waals surface area contributed by atoms with Crippen molar-refractivity contribution in [2.24, 2.45) is 0 Å². The summed E-state index contributed by atoms with van der Waals surface area (Å²) in [5, 5.41) is 0. The molecule has 0 atom stereocenters. The van der Waals surface area contributed by atoms with Crippen LogP contribution in [0.1, 0.15) is 0 Å². The number of nitrogens with zero attached hydrogens (tertiary/aromatic N) is 2. The van der Waals surface area contributed by atoms with Gasteiger partial charge in [-0.25, -0.2) is 0 Å². The molecule has 0 unspecified atom stereocenters. The lowest BCUT2D eigenvalue weighted by molar-refractivity contribution is -0.874. The van der Waals surface area contributed by atoms with E-state index in [9.17, 15) is 0 Å². The first-order valence-electron chi connectivity index (χ1n) is 4.89. The lowest BCUT2D eigenvalue weighted by atomic mass is 10.5. The van der Waals surface area contributed by atoms with Crippen LogP contribution in [0.4, 0.5) is 0 Å². The van der Waals surface area contributed by atoms with Crippen molar-refractivity contribution in [1.82, 2.24) is 0 Å². The van der Waals surface area contributed by atoms with Gasteiger partial charge in [0.05, 0.1) is 55.5 Å². The van der Waals surface area contributed by atoms with Crippen LogP contribution in [0.2, 0.25) is 0 Å². The molecule has 15 heavy (non-hydrogen) atoms. The largest absolute Gasteiger partial charge is 1.00 e. The minimum absolute atomic E-state index is 0. The molecule has 0 rings (SSSR count). The van der Waals surface area contributed by atoms with Crippen LogP contribution in [0, 0.1) is 0 Å². The Hall–Kier alpha value is 0.460. The average Bonchev–Trinajstić information content (AvgIpc) is 1.81. The van der Waals surface area contributed by atoms with Crippen molar-refractivity contribution in [1.29, 1.82) is 0 Å². The monoisotopic (exact) mass is 260 g/mol. The van der Waals surface area contributed by atoms with Gasteiger partial charge in [0.15, 0.2) is 0 Å². The highest BCUT2D eigenvalue weighted by Gasteiger charge is 2.08. The summed E-state index contributed by atoms with van der Waals surface area (Å²) in [6.45, 7) is 3.89. The van der Waals surface area contributed by atoms with E-state index in [4.69, 9.17) is 4.74 Å². The fourth-order valence-corrected chi connectivity index (χ4v) is 0.779. The van der Waals surface area contributed by atoms with Crippen molar-refractivity contribution in [2.75, 3.05) is 68.6 Å². The molecule has 0 aliphatic heterocycles. The molecule has 0 amide bonds. The summed E-state index contributed by atoms with van der Waals surface area (Å²) < 4.78 is 7.51. The molecule has 0 bridgehead atoms. The van der Waals surface area contributed by atoms with Gasteiger partial charge in [-0.3, -0.25) is 0 Å². The van der Waals surface area contributed by atoms with Gasteiger partial charge in [-0.2, -0.15) is 0 Å². The van der Waals surface area contributed by atoms with E-state index >= 15 is 0 Å². The number of hydrogen-bond donors (Lipinski definition) is 0. The number of hydrogen-bond acceptors (Lipinski definition) is 1. The Bertz CT molecular complexity index is 125. The van der Waals surface area contributed by atoms with Gasteiger partial charge in [0.2, 0.25) is 0 Å². The maximum Gasteiger partial charge on any atom is 0.102 e. The third-order valence-electron chi connectivity index (χ3n) is 1.81. The minimum Gasteiger partial charge on any atom is -1.00 e.